The highest BCUT2D eigenvalue weighted by Gasteiger charge is 2.20. The summed E-state index contributed by atoms with van der Waals surface area (Å²) >= 11 is 0. The number of carbonyl (C=O) groups is 1. The topological polar surface area (TPSA) is 29.5 Å². The molecular formula is C22H21NO2. The van der Waals surface area contributed by atoms with Crippen LogP contribution in [0.25, 0.3) is 0 Å². The first-order valence-electron chi connectivity index (χ1n) is 8.31. The molecule has 0 amide bonds. The Kier molecular flexibility index (Phi) is 5.14. The van der Waals surface area contributed by atoms with Crippen molar-refractivity contribution in [2.24, 2.45) is 0 Å². The Morgan fingerprint density at radius 3 is 2.40 bits per heavy atom. The molecule has 0 aliphatic heterocycles. The van der Waals surface area contributed by atoms with E-state index in [0.717, 1.165) is 17.8 Å². The van der Waals surface area contributed by atoms with Crippen LogP contribution >= 0.6 is 0 Å². The Balaban J connectivity index is 1.87. The first kappa shape index (κ1) is 16.8. The third-order valence-electron chi connectivity index (χ3n) is 4.11. The molecular weight excluding hydrogens is 310 g/mol. The van der Waals surface area contributed by atoms with Gasteiger partial charge in [-0.1, -0.05) is 48.6 Å². The van der Waals surface area contributed by atoms with Crippen LogP contribution in [0.15, 0.2) is 91.2 Å². The lowest BCUT2D eigenvalue weighted by Gasteiger charge is -2.33. The number of benzene rings is 2. The fourth-order valence-electron chi connectivity index (χ4n) is 2.84. The number of allylic oxidation sites excluding steroid dienone is 1. The molecule has 3 heteroatoms. The molecule has 2 aromatic rings. The van der Waals surface area contributed by atoms with Crippen molar-refractivity contribution in [2.45, 2.75) is 19.4 Å². The number of aryl methyl sites for hydroxylation is 1. The van der Waals surface area contributed by atoms with Crippen molar-refractivity contribution in [3.05, 3.63) is 96.8 Å². The summed E-state index contributed by atoms with van der Waals surface area (Å²) in [5, 5.41) is 0. The fourth-order valence-corrected chi connectivity index (χ4v) is 2.84. The maximum atomic E-state index is 11.3. The van der Waals surface area contributed by atoms with E-state index in [-0.39, 0.29) is 6.04 Å². The SMILES string of the molecule is C=CC(=O)OC1=CCC(N(c2ccccc2)c2ccc(C)cc2)C=C1. The normalized spacial score (nSPS) is 16.0. The second-order valence-electron chi connectivity index (χ2n) is 5.93. The molecule has 1 unspecified atom stereocenters. The van der Waals surface area contributed by atoms with E-state index in [9.17, 15) is 4.79 Å². The third-order valence-corrected chi connectivity index (χ3v) is 4.11. The summed E-state index contributed by atoms with van der Waals surface area (Å²) in [7, 11) is 0. The largest absolute Gasteiger partial charge is 0.424 e. The van der Waals surface area contributed by atoms with E-state index in [1.807, 2.05) is 30.4 Å². The quantitative estimate of drug-likeness (QED) is 0.565. The van der Waals surface area contributed by atoms with Crippen LogP contribution in [-0.2, 0) is 9.53 Å². The molecule has 0 bridgehead atoms. The van der Waals surface area contributed by atoms with Crippen LogP contribution in [-0.4, -0.2) is 12.0 Å². The molecule has 0 spiro atoms. The number of ether oxygens (including phenoxy) is 1. The predicted octanol–water partition coefficient (Wildman–Crippen LogP) is 5.07. The Morgan fingerprint density at radius 1 is 1.12 bits per heavy atom. The second-order valence-corrected chi connectivity index (χ2v) is 5.93. The van der Waals surface area contributed by atoms with E-state index in [0.29, 0.717) is 5.76 Å². The van der Waals surface area contributed by atoms with E-state index < -0.39 is 5.97 Å². The van der Waals surface area contributed by atoms with Gasteiger partial charge in [0.05, 0.1) is 6.04 Å². The van der Waals surface area contributed by atoms with Crippen molar-refractivity contribution in [3.8, 4) is 0 Å². The van der Waals surface area contributed by atoms with Crippen LogP contribution in [0.2, 0.25) is 0 Å². The van der Waals surface area contributed by atoms with Gasteiger partial charge in [-0.3, -0.25) is 0 Å². The van der Waals surface area contributed by atoms with Gasteiger partial charge in [0.25, 0.3) is 0 Å². The molecule has 0 saturated heterocycles. The number of hydrogen-bond acceptors (Lipinski definition) is 3. The van der Waals surface area contributed by atoms with Gasteiger partial charge < -0.3 is 9.64 Å². The summed E-state index contributed by atoms with van der Waals surface area (Å²) in [4.78, 5) is 13.6. The zero-order valence-corrected chi connectivity index (χ0v) is 14.3. The molecule has 0 fully saturated rings. The molecule has 1 aliphatic carbocycles. The molecule has 1 atom stereocenters. The first-order valence-corrected chi connectivity index (χ1v) is 8.31. The summed E-state index contributed by atoms with van der Waals surface area (Å²) < 4.78 is 5.19. The van der Waals surface area contributed by atoms with Crippen LogP contribution in [0.4, 0.5) is 11.4 Å². The Labute approximate surface area is 148 Å². The molecule has 3 rings (SSSR count). The number of para-hydroxylation sites is 1. The highest BCUT2D eigenvalue weighted by molar-refractivity contribution is 5.82. The zero-order chi connectivity index (χ0) is 17.6. The number of hydrogen-bond donors (Lipinski definition) is 0. The molecule has 0 N–H and O–H groups in total. The molecule has 2 aromatic carbocycles. The predicted molar refractivity (Wildman–Crippen MR) is 102 cm³/mol. The van der Waals surface area contributed by atoms with Gasteiger partial charge in [0, 0.05) is 17.5 Å². The van der Waals surface area contributed by atoms with Crippen LogP contribution in [0.1, 0.15) is 12.0 Å². The summed E-state index contributed by atoms with van der Waals surface area (Å²) in [5.41, 5.74) is 3.49. The van der Waals surface area contributed by atoms with Gasteiger partial charge in [-0.05, 0) is 49.8 Å². The van der Waals surface area contributed by atoms with Gasteiger partial charge in [0.2, 0.25) is 0 Å². The number of esters is 1. The number of carbonyl (C=O) groups excluding carboxylic acids is 1. The van der Waals surface area contributed by atoms with Gasteiger partial charge in [-0.2, -0.15) is 0 Å². The molecule has 1 aliphatic rings. The molecule has 3 nitrogen and oxygen atoms in total. The van der Waals surface area contributed by atoms with Crippen molar-refractivity contribution in [2.75, 3.05) is 4.90 Å². The zero-order valence-electron chi connectivity index (χ0n) is 14.3. The minimum absolute atomic E-state index is 0.149. The molecule has 126 valence electrons. The van der Waals surface area contributed by atoms with Crippen LogP contribution in [0.3, 0.4) is 0 Å². The number of anilines is 2. The lowest BCUT2D eigenvalue weighted by Crippen LogP contribution is -2.30. The molecule has 0 aromatic heterocycles. The van der Waals surface area contributed by atoms with Gasteiger partial charge >= 0.3 is 5.97 Å². The molecule has 25 heavy (non-hydrogen) atoms. The third kappa shape index (κ3) is 4.07. The lowest BCUT2D eigenvalue weighted by atomic mass is 10.0. The molecule has 0 saturated carbocycles. The summed E-state index contributed by atoms with van der Waals surface area (Å²) in [5.74, 6) is 0.130. The highest BCUT2D eigenvalue weighted by Crippen LogP contribution is 2.31. The number of nitrogens with zero attached hydrogens (tertiary/aromatic N) is 1. The first-order chi connectivity index (χ1) is 12.2. The van der Waals surface area contributed by atoms with Crippen LogP contribution < -0.4 is 4.90 Å². The Hall–Kier alpha value is -3.07. The van der Waals surface area contributed by atoms with E-state index >= 15 is 0 Å². The van der Waals surface area contributed by atoms with E-state index in [4.69, 9.17) is 4.74 Å². The second kappa shape index (κ2) is 7.67. The van der Waals surface area contributed by atoms with Gasteiger partial charge in [0.1, 0.15) is 5.76 Å². The van der Waals surface area contributed by atoms with Gasteiger partial charge in [-0.15, -0.1) is 0 Å². The standard InChI is InChI=1S/C22H21NO2/c1-3-22(24)25-21-15-13-20(14-16-21)23(18-7-5-4-6-8-18)19-11-9-17(2)10-12-19/h3-13,15-16,20H,1,14H2,2H3. The Morgan fingerprint density at radius 2 is 1.80 bits per heavy atom. The highest BCUT2D eigenvalue weighted by atomic mass is 16.5. The molecule has 0 heterocycles. The summed E-state index contributed by atoms with van der Waals surface area (Å²) in [6.45, 7) is 5.51. The minimum Gasteiger partial charge on any atom is -0.424 e. The van der Waals surface area contributed by atoms with Crippen molar-refractivity contribution < 1.29 is 9.53 Å². The van der Waals surface area contributed by atoms with Crippen LogP contribution in [0, 0.1) is 6.92 Å². The Bertz CT molecular complexity index is 804. The maximum absolute atomic E-state index is 11.3. The van der Waals surface area contributed by atoms with E-state index in [1.165, 1.54) is 11.6 Å². The van der Waals surface area contributed by atoms with Crippen molar-refractivity contribution in [1.29, 1.82) is 0 Å². The van der Waals surface area contributed by atoms with Crippen molar-refractivity contribution >= 4 is 17.3 Å². The monoisotopic (exact) mass is 331 g/mol. The average molecular weight is 331 g/mol. The number of rotatable bonds is 5. The lowest BCUT2D eigenvalue weighted by molar-refractivity contribution is -0.133. The summed E-state index contributed by atoms with van der Waals surface area (Å²) in [6, 6.07) is 18.9. The summed E-state index contributed by atoms with van der Waals surface area (Å²) in [6.07, 6.45) is 7.77. The minimum atomic E-state index is -0.437. The van der Waals surface area contributed by atoms with Crippen LogP contribution in [0.5, 0.6) is 0 Å². The fraction of sp³-hybridized carbons (Fsp3) is 0.136. The molecule has 0 radical (unpaired) electrons. The smallest absolute Gasteiger partial charge is 0.335 e. The van der Waals surface area contributed by atoms with Gasteiger partial charge in [-0.25, -0.2) is 4.79 Å². The maximum Gasteiger partial charge on any atom is 0.335 e. The van der Waals surface area contributed by atoms with Gasteiger partial charge in [0.15, 0.2) is 0 Å². The van der Waals surface area contributed by atoms with Crippen molar-refractivity contribution in [3.63, 3.8) is 0 Å². The van der Waals surface area contributed by atoms with E-state index in [2.05, 4.69) is 60.9 Å². The van der Waals surface area contributed by atoms with Crippen molar-refractivity contribution in [1.82, 2.24) is 0 Å². The average Bonchev–Trinajstić information content (AvgIpc) is 2.66. The van der Waals surface area contributed by atoms with E-state index in [1.54, 1.807) is 0 Å².